The number of nitrogens with zero attached hydrogens (tertiary/aromatic N) is 5. The summed E-state index contributed by atoms with van der Waals surface area (Å²) >= 11 is 1.61. The number of pyridine rings is 1. The summed E-state index contributed by atoms with van der Waals surface area (Å²) in [4.78, 5) is 17.4. The van der Waals surface area contributed by atoms with Crippen LogP contribution in [0.25, 0.3) is 0 Å². The zero-order valence-corrected chi connectivity index (χ0v) is 21.0. The van der Waals surface area contributed by atoms with Crippen LogP contribution in [0.2, 0.25) is 0 Å². The number of guanidine groups is 1. The van der Waals surface area contributed by atoms with Crippen molar-refractivity contribution >= 4 is 34.4 Å². The molecule has 2 aliphatic rings. The number of benzene rings is 1. The van der Waals surface area contributed by atoms with Crippen molar-refractivity contribution in [3.05, 3.63) is 57.9 Å². The number of fused-ring (bicyclic) bond motifs is 1. The van der Waals surface area contributed by atoms with Gasteiger partial charge in [-0.15, -0.1) is 11.3 Å². The fourth-order valence-corrected chi connectivity index (χ4v) is 5.48. The third kappa shape index (κ3) is 4.67. The number of ether oxygens (including phenoxy) is 2. The van der Waals surface area contributed by atoms with Crippen LogP contribution >= 0.6 is 11.3 Å². The Morgan fingerprint density at radius 1 is 0.944 bits per heavy atom. The maximum absolute atomic E-state index is 13.6. The average molecular weight is 518 g/mol. The van der Waals surface area contributed by atoms with Crippen LogP contribution in [0.4, 0.5) is 30.2 Å². The van der Waals surface area contributed by atoms with Gasteiger partial charge in [-0.05, 0) is 37.3 Å². The molecule has 36 heavy (non-hydrogen) atoms. The standard InChI is InChI=1S/C25H26F3N5O2S/c1-16-12-19-22(36-16)15-33(20-13-17(25(26,27)28)4-5-21(20)34-2)24(30-19)32-10-8-31(9-11-32)18-6-7-29-23(14-18)35-3/h4-7,12-14H,8-11,15H2,1-3H3. The van der Waals surface area contributed by atoms with Crippen molar-refractivity contribution in [1.82, 2.24) is 9.88 Å². The van der Waals surface area contributed by atoms with Crippen molar-refractivity contribution in [3.8, 4) is 11.6 Å². The lowest BCUT2D eigenvalue weighted by Crippen LogP contribution is -2.54. The van der Waals surface area contributed by atoms with Crippen molar-refractivity contribution in [3.63, 3.8) is 0 Å². The van der Waals surface area contributed by atoms with Crippen LogP contribution in [-0.2, 0) is 12.7 Å². The van der Waals surface area contributed by atoms with Gasteiger partial charge in [0.25, 0.3) is 0 Å². The summed E-state index contributed by atoms with van der Waals surface area (Å²) in [6.07, 6.45) is -2.75. The quantitative estimate of drug-likeness (QED) is 0.467. The van der Waals surface area contributed by atoms with E-state index >= 15 is 0 Å². The highest BCUT2D eigenvalue weighted by Crippen LogP contribution is 2.42. The lowest BCUT2D eigenvalue weighted by Gasteiger charge is -2.42. The highest BCUT2D eigenvalue weighted by atomic mass is 32.1. The molecule has 0 bridgehead atoms. The number of alkyl halides is 3. The van der Waals surface area contributed by atoms with Gasteiger partial charge in [-0.25, -0.2) is 9.98 Å². The Hall–Kier alpha value is -3.47. The second-order valence-electron chi connectivity index (χ2n) is 8.58. The summed E-state index contributed by atoms with van der Waals surface area (Å²) in [5, 5.41) is 0. The molecule has 5 rings (SSSR count). The topological polar surface area (TPSA) is 53.4 Å². The minimum atomic E-state index is -4.46. The lowest BCUT2D eigenvalue weighted by atomic mass is 10.1. The van der Waals surface area contributed by atoms with Gasteiger partial charge >= 0.3 is 6.18 Å². The first-order chi connectivity index (χ1) is 17.3. The van der Waals surface area contributed by atoms with E-state index in [1.54, 1.807) is 24.6 Å². The van der Waals surface area contributed by atoms with Gasteiger partial charge in [-0.1, -0.05) is 0 Å². The molecule has 0 atom stereocenters. The summed E-state index contributed by atoms with van der Waals surface area (Å²) in [5.74, 6) is 1.55. The van der Waals surface area contributed by atoms with Gasteiger partial charge in [0.2, 0.25) is 11.8 Å². The molecule has 0 aliphatic carbocycles. The Morgan fingerprint density at radius 3 is 2.39 bits per heavy atom. The van der Waals surface area contributed by atoms with Crippen molar-refractivity contribution < 1.29 is 22.6 Å². The van der Waals surface area contributed by atoms with E-state index in [0.29, 0.717) is 42.9 Å². The number of hydrogen-bond donors (Lipinski definition) is 0. The molecule has 0 radical (unpaired) electrons. The fraction of sp³-hybridized carbons (Fsp3) is 0.360. The number of piperazine rings is 1. The zero-order chi connectivity index (χ0) is 25.4. The normalized spacial score (nSPS) is 16.1. The van der Waals surface area contributed by atoms with E-state index in [9.17, 15) is 13.2 Å². The minimum absolute atomic E-state index is 0.351. The molecule has 0 amide bonds. The molecule has 0 unspecified atom stereocenters. The van der Waals surface area contributed by atoms with Crippen LogP contribution in [0.3, 0.4) is 0 Å². The number of aryl methyl sites for hydroxylation is 1. The second-order valence-corrected chi connectivity index (χ2v) is 9.92. The van der Waals surface area contributed by atoms with Gasteiger partial charge in [-0.2, -0.15) is 13.2 Å². The van der Waals surface area contributed by atoms with E-state index in [1.165, 1.54) is 13.2 Å². The molecule has 0 spiro atoms. The Balaban J connectivity index is 1.47. The Labute approximate surface area is 211 Å². The van der Waals surface area contributed by atoms with Crippen LogP contribution in [0.15, 0.2) is 47.6 Å². The second kappa shape index (κ2) is 9.53. The molecule has 7 nitrogen and oxygen atoms in total. The first-order valence-corrected chi connectivity index (χ1v) is 12.3. The lowest BCUT2D eigenvalue weighted by molar-refractivity contribution is -0.137. The van der Waals surface area contributed by atoms with Crippen LogP contribution in [0, 0.1) is 6.92 Å². The molecule has 11 heteroatoms. The first kappa shape index (κ1) is 24.2. The minimum Gasteiger partial charge on any atom is -0.495 e. The van der Waals surface area contributed by atoms with E-state index in [0.717, 1.165) is 46.4 Å². The molecule has 190 valence electrons. The molecule has 0 N–H and O–H groups in total. The van der Waals surface area contributed by atoms with Gasteiger partial charge in [0.05, 0.1) is 42.6 Å². The average Bonchev–Trinajstić information content (AvgIpc) is 3.26. The molecule has 1 saturated heterocycles. The summed E-state index contributed by atoms with van der Waals surface area (Å²) in [6, 6.07) is 9.44. The highest BCUT2D eigenvalue weighted by molar-refractivity contribution is 7.12. The SMILES string of the molecule is COc1cc(N2CCN(C3=Nc4cc(C)sc4CN3c3cc(C(F)(F)F)ccc3OC)CC2)ccn1. The van der Waals surface area contributed by atoms with E-state index in [-0.39, 0.29) is 0 Å². The number of aromatic nitrogens is 1. The predicted molar refractivity (Wildman–Crippen MR) is 135 cm³/mol. The first-order valence-electron chi connectivity index (χ1n) is 11.5. The Kier molecular flexibility index (Phi) is 6.42. The number of thiophene rings is 1. The van der Waals surface area contributed by atoms with E-state index < -0.39 is 11.7 Å². The Bertz CT molecular complexity index is 1280. The third-order valence-corrected chi connectivity index (χ3v) is 7.35. The molecule has 0 saturated carbocycles. The van der Waals surface area contributed by atoms with E-state index in [2.05, 4.69) is 14.8 Å². The van der Waals surface area contributed by atoms with Crippen molar-refractivity contribution in [1.29, 1.82) is 0 Å². The van der Waals surface area contributed by atoms with Crippen LogP contribution in [-0.4, -0.2) is 56.2 Å². The fourth-order valence-electron chi connectivity index (χ4n) is 4.52. The molecular weight excluding hydrogens is 491 g/mol. The molecule has 1 fully saturated rings. The number of methoxy groups -OCH3 is 2. The van der Waals surface area contributed by atoms with E-state index in [4.69, 9.17) is 14.5 Å². The van der Waals surface area contributed by atoms with Gasteiger partial charge in [0.1, 0.15) is 5.75 Å². The molecule has 2 aliphatic heterocycles. The highest BCUT2D eigenvalue weighted by Gasteiger charge is 2.35. The van der Waals surface area contributed by atoms with Gasteiger partial charge in [0, 0.05) is 49.0 Å². The van der Waals surface area contributed by atoms with Crippen LogP contribution in [0.1, 0.15) is 15.3 Å². The van der Waals surface area contributed by atoms with Crippen molar-refractivity contribution in [2.75, 3.05) is 50.2 Å². The summed E-state index contributed by atoms with van der Waals surface area (Å²) in [5.41, 5.74) is 1.52. The number of halogens is 3. The molecule has 3 aromatic rings. The number of hydrogen-bond acceptors (Lipinski definition) is 8. The molecule has 2 aromatic heterocycles. The third-order valence-electron chi connectivity index (χ3n) is 6.33. The monoisotopic (exact) mass is 517 g/mol. The van der Waals surface area contributed by atoms with Crippen LogP contribution < -0.4 is 19.3 Å². The van der Waals surface area contributed by atoms with E-state index in [1.807, 2.05) is 30.0 Å². The Morgan fingerprint density at radius 2 is 1.69 bits per heavy atom. The predicted octanol–water partition coefficient (Wildman–Crippen LogP) is 5.32. The molecule has 4 heterocycles. The van der Waals surface area contributed by atoms with Gasteiger partial charge < -0.3 is 24.2 Å². The molecule has 1 aromatic carbocycles. The number of rotatable bonds is 4. The van der Waals surface area contributed by atoms with Gasteiger partial charge in [0.15, 0.2) is 0 Å². The van der Waals surface area contributed by atoms with Crippen molar-refractivity contribution in [2.24, 2.45) is 4.99 Å². The largest absolute Gasteiger partial charge is 0.495 e. The van der Waals surface area contributed by atoms with Crippen molar-refractivity contribution in [2.45, 2.75) is 19.6 Å². The summed E-state index contributed by atoms with van der Waals surface area (Å²) < 4.78 is 51.6. The summed E-state index contributed by atoms with van der Waals surface area (Å²) in [7, 11) is 3.05. The number of aliphatic imine (C=N–C) groups is 1. The number of anilines is 2. The van der Waals surface area contributed by atoms with Crippen LogP contribution in [0.5, 0.6) is 11.6 Å². The maximum atomic E-state index is 13.6. The summed E-state index contributed by atoms with van der Waals surface area (Å²) in [6.45, 7) is 5.17. The maximum Gasteiger partial charge on any atom is 0.416 e. The smallest absolute Gasteiger partial charge is 0.416 e. The molecular formula is C25H26F3N5O2S. The van der Waals surface area contributed by atoms with Gasteiger partial charge in [-0.3, -0.25) is 0 Å². The zero-order valence-electron chi connectivity index (χ0n) is 20.2.